The van der Waals surface area contributed by atoms with Gasteiger partial charge in [0.15, 0.2) is 12.2 Å². The van der Waals surface area contributed by atoms with Crippen LogP contribution in [0, 0.1) is 23.7 Å². The Labute approximate surface area is 619 Å². The van der Waals surface area contributed by atoms with Crippen molar-refractivity contribution in [2.75, 3.05) is 39.6 Å². The molecular formula is C82H160O17P2. The molecule has 0 saturated heterocycles. The van der Waals surface area contributed by atoms with E-state index in [1.165, 1.54) is 225 Å². The molecule has 0 aromatic carbocycles. The summed E-state index contributed by atoms with van der Waals surface area (Å²) in [6.07, 6.45) is 58.3. The summed E-state index contributed by atoms with van der Waals surface area (Å²) >= 11 is 0. The van der Waals surface area contributed by atoms with Gasteiger partial charge in [-0.1, -0.05) is 370 Å². The van der Waals surface area contributed by atoms with Crippen molar-refractivity contribution in [1.29, 1.82) is 0 Å². The van der Waals surface area contributed by atoms with Crippen molar-refractivity contribution in [1.82, 2.24) is 0 Å². The van der Waals surface area contributed by atoms with Crippen LogP contribution in [0.15, 0.2) is 0 Å². The van der Waals surface area contributed by atoms with E-state index in [1.54, 1.807) is 0 Å². The molecule has 0 aromatic rings. The summed E-state index contributed by atoms with van der Waals surface area (Å²) in [5, 5.41) is 10.6. The summed E-state index contributed by atoms with van der Waals surface area (Å²) in [7, 11) is -9.92. The van der Waals surface area contributed by atoms with Gasteiger partial charge in [-0.2, -0.15) is 0 Å². The van der Waals surface area contributed by atoms with Crippen LogP contribution >= 0.6 is 15.6 Å². The molecule has 0 aliphatic carbocycles. The van der Waals surface area contributed by atoms with Gasteiger partial charge in [0.25, 0.3) is 0 Å². The van der Waals surface area contributed by atoms with Gasteiger partial charge in [-0.05, 0) is 49.4 Å². The molecule has 0 aromatic heterocycles. The van der Waals surface area contributed by atoms with Crippen molar-refractivity contribution >= 4 is 39.5 Å². The molecule has 0 aliphatic heterocycles. The minimum atomic E-state index is -4.96. The van der Waals surface area contributed by atoms with Crippen LogP contribution in [-0.2, 0) is 65.4 Å². The maximum atomic E-state index is 13.1. The van der Waals surface area contributed by atoms with E-state index in [2.05, 4.69) is 55.4 Å². The fourth-order valence-corrected chi connectivity index (χ4v) is 14.2. The second-order valence-corrected chi connectivity index (χ2v) is 34.1. The third-order valence-corrected chi connectivity index (χ3v) is 21.3. The lowest BCUT2D eigenvalue weighted by Gasteiger charge is -2.21. The molecule has 600 valence electrons. The smallest absolute Gasteiger partial charge is 0.462 e. The molecule has 3 N–H and O–H groups in total. The van der Waals surface area contributed by atoms with Gasteiger partial charge in [-0.3, -0.25) is 37.3 Å². The maximum Gasteiger partial charge on any atom is 0.472 e. The van der Waals surface area contributed by atoms with Gasteiger partial charge in [0.2, 0.25) is 0 Å². The van der Waals surface area contributed by atoms with Crippen molar-refractivity contribution in [3.8, 4) is 0 Å². The molecule has 0 amide bonds. The van der Waals surface area contributed by atoms with Crippen molar-refractivity contribution in [3.05, 3.63) is 0 Å². The number of carbonyl (C=O) groups excluding carboxylic acids is 4. The van der Waals surface area contributed by atoms with E-state index in [1.807, 2.05) is 0 Å². The van der Waals surface area contributed by atoms with Gasteiger partial charge < -0.3 is 33.8 Å². The quantitative estimate of drug-likeness (QED) is 0.0222. The SMILES string of the molecule is CCC(C)CCCCCCCCCCCCCCCCC(=O)O[C@H](COC(=O)CCCCCCCCCCCCCCCCCCC(C)C)COP(=O)(O)OCC(O)COP(=O)(O)OC[C@@H](COC(=O)CCCCCCCCCCC(C)C)OC(=O)CCCCCCCCCCCCC(C)C. The highest BCUT2D eigenvalue weighted by atomic mass is 31.2. The highest BCUT2D eigenvalue weighted by Crippen LogP contribution is 2.45. The predicted molar refractivity (Wildman–Crippen MR) is 414 cm³/mol. The Morgan fingerprint density at radius 1 is 0.277 bits per heavy atom. The Hall–Kier alpha value is -1.94. The fraction of sp³-hybridized carbons (Fsp3) is 0.951. The van der Waals surface area contributed by atoms with E-state index in [4.69, 9.17) is 37.0 Å². The Morgan fingerprint density at radius 2 is 0.475 bits per heavy atom. The average Bonchev–Trinajstić information content (AvgIpc) is 1.06. The van der Waals surface area contributed by atoms with Gasteiger partial charge in [0, 0.05) is 25.7 Å². The first-order valence-electron chi connectivity index (χ1n) is 42.2. The van der Waals surface area contributed by atoms with Crippen molar-refractivity contribution in [2.24, 2.45) is 23.7 Å². The molecule has 0 bridgehead atoms. The Balaban J connectivity index is 5.25. The molecule has 4 unspecified atom stereocenters. The third kappa shape index (κ3) is 74.7. The van der Waals surface area contributed by atoms with Crippen LogP contribution in [-0.4, -0.2) is 96.7 Å². The molecule has 17 nitrogen and oxygen atoms in total. The topological polar surface area (TPSA) is 237 Å². The molecule has 0 aliphatic rings. The lowest BCUT2D eigenvalue weighted by atomic mass is 9.99. The van der Waals surface area contributed by atoms with Gasteiger partial charge in [-0.25, -0.2) is 9.13 Å². The largest absolute Gasteiger partial charge is 0.472 e. The first-order chi connectivity index (χ1) is 48.6. The number of aliphatic hydroxyl groups excluding tert-OH is 1. The number of hydrogen-bond donors (Lipinski definition) is 3. The van der Waals surface area contributed by atoms with E-state index >= 15 is 0 Å². The third-order valence-electron chi connectivity index (χ3n) is 19.4. The minimum Gasteiger partial charge on any atom is -0.462 e. The molecule has 0 radical (unpaired) electrons. The van der Waals surface area contributed by atoms with Crippen LogP contribution in [0.2, 0.25) is 0 Å². The summed E-state index contributed by atoms with van der Waals surface area (Å²) in [5.74, 6) is 1.02. The zero-order chi connectivity index (χ0) is 74.6. The average molecular weight is 1480 g/mol. The highest BCUT2D eigenvalue weighted by Gasteiger charge is 2.30. The van der Waals surface area contributed by atoms with Crippen molar-refractivity contribution in [3.63, 3.8) is 0 Å². The fourth-order valence-electron chi connectivity index (χ4n) is 12.6. The normalized spacial score (nSPS) is 14.3. The summed E-state index contributed by atoms with van der Waals surface area (Å²) < 4.78 is 68.8. The molecule has 101 heavy (non-hydrogen) atoms. The van der Waals surface area contributed by atoms with Crippen LogP contribution in [0.1, 0.15) is 421 Å². The Kier molecular flexibility index (Phi) is 69.6. The monoisotopic (exact) mass is 1480 g/mol. The molecule has 0 fully saturated rings. The zero-order valence-electron chi connectivity index (χ0n) is 66.5. The van der Waals surface area contributed by atoms with E-state index in [0.717, 1.165) is 114 Å². The molecule has 6 atom stereocenters. The van der Waals surface area contributed by atoms with Crippen LogP contribution in [0.25, 0.3) is 0 Å². The second-order valence-electron chi connectivity index (χ2n) is 31.2. The molecular weight excluding hydrogens is 1320 g/mol. The van der Waals surface area contributed by atoms with E-state index < -0.39 is 97.5 Å². The number of unbranched alkanes of at least 4 members (excludes halogenated alkanes) is 44. The van der Waals surface area contributed by atoms with Gasteiger partial charge >= 0.3 is 39.5 Å². The Bertz CT molecular complexity index is 1970. The summed E-state index contributed by atoms with van der Waals surface area (Å²) in [6.45, 7) is 14.3. The highest BCUT2D eigenvalue weighted by molar-refractivity contribution is 7.47. The number of aliphatic hydroxyl groups is 1. The zero-order valence-corrected chi connectivity index (χ0v) is 68.3. The molecule has 19 heteroatoms. The number of phosphoric ester groups is 2. The number of ether oxygens (including phenoxy) is 4. The lowest BCUT2D eigenvalue weighted by Crippen LogP contribution is -2.30. The van der Waals surface area contributed by atoms with Gasteiger partial charge in [0.1, 0.15) is 19.3 Å². The Morgan fingerprint density at radius 3 is 0.703 bits per heavy atom. The summed E-state index contributed by atoms with van der Waals surface area (Å²) in [6, 6.07) is 0. The van der Waals surface area contributed by atoms with E-state index in [9.17, 15) is 43.2 Å². The molecule has 0 saturated carbocycles. The van der Waals surface area contributed by atoms with Crippen LogP contribution in [0.4, 0.5) is 0 Å². The minimum absolute atomic E-state index is 0.105. The summed E-state index contributed by atoms with van der Waals surface area (Å²) in [4.78, 5) is 73.1. The number of esters is 4. The number of phosphoric acid groups is 2. The van der Waals surface area contributed by atoms with Crippen LogP contribution < -0.4 is 0 Å². The second kappa shape index (κ2) is 71.0. The van der Waals surface area contributed by atoms with E-state index in [0.29, 0.717) is 25.7 Å². The molecule has 0 spiro atoms. The first kappa shape index (κ1) is 99.1. The van der Waals surface area contributed by atoms with E-state index in [-0.39, 0.29) is 25.7 Å². The maximum absolute atomic E-state index is 13.1. The van der Waals surface area contributed by atoms with Crippen molar-refractivity contribution in [2.45, 2.75) is 440 Å². The lowest BCUT2D eigenvalue weighted by molar-refractivity contribution is -0.161. The number of carbonyl (C=O) groups is 4. The standard InChI is InChI=1S/C82H160O17P2/c1-9-75(8)61-53-45-37-28-21-17-14-15-19-23-30-40-48-56-64-81(86)98-77(68-92-79(84)62-54-46-38-29-22-18-13-11-10-12-16-20-26-34-42-50-58-72(2)3)70-96-100(88,89)94-66-76(83)67-95-101(90,91)97-71-78(69-93-80(85)63-55-47-39-33-32-36-44-52-60-74(6)7)99-82(87)65-57-49-41-31-25-24-27-35-43-51-59-73(4)5/h72-78,83H,9-71H2,1-8H3,(H,88,89)(H,90,91)/t75?,76?,77-,78-/m1/s1. The molecule has 0 heterocycles. The first-order valence-corrected chi connectivity index (χ1v) is 45.2. The van der Waals surface area contributed by atoms with Gasteiger partial charge in [0.05, 0.1) is 26.4 Å². The van der Waals surface area contributed by atoms with Crippen molar-refractivity contribution < 1.29 is 80.2 Å². The number of rotatable bonds is 79. The predicted octanol–water partition coefficient (Wildman–Crippen LogP) is 24.4. The summed E-state index contributed by atoms with van der Waals surface area (Å²) in [5.41, 5.74) is 0. The molecule has 0 rings (SSSR count). The van der Waals surface area contributed by atoms with Crippen LogP contribution in [0.3, 0.4) is 0 Å². The number of hydrogen-bond acceptors (Lipinski definition) is 15. The van der Waals surface area contributed by atoms with Crippen LogP contribution in [0.5, 0.6) is 0 Å². The van der Waals surface area contributed by atoms with Gasteiger partial charge in [-0.15, -0.1) is 0 Å².